The largest absolute Gasteiger partial charge is 0.371 e. The molecule has 0 saturated heterocycles. The van der Waals surface area contributed by atoms with Crippen LogP contribution in [0.2, 0.25) is 0 Å². The molecular weight excluding hydrogens is 334 g/mol. The lowest BCUT2D eigenvalue weighted by Gasteiger charge is -2.27. The second-order valence-electron chi connectivity index (χ2n) is 6.81. The maximum Gasteiger partial charge on any atom is 0.232 e. The molecule has 0 fully saturated rings. The molecule has 1 heterocycles. The van der Waals surface area contributed by atoms with Gasteiger partial charge in [-0.15, -0.1) is 0 Å². The van der Waals surface area contributed by atoms with Gasteiger partial charge in [0.15, 0.2) is 0 Å². The molecule has 1 atom stereocenters. The van der Waals surface area contributed by atoms with E-state index in [4.69, 9.17) is 4.74 Å². The number of ether oxygens (including phenoxy) is 1. The normalized spacial score (nSPS) is 16.0. The molecule has 3 nitrogen and oxygen atoms in total. The molecule has 4 rings (SSSR count). The van der Waals surface area contributed by atoms with Gasteiger partial charge in [-0.25, -0.2) is 0 Å². The number of carbonyl (C=O) groups is 1. The van der Waals surface area contributed by atoms with Crippen LogP contribution in [-0.2, 0) is 16.0 Å². The first-order valence-corrected chi connectivity index (χ1v) is 9.40. The minimum atomic E-state index is -0.328. The molecule has 0 saturated carbocycles. The molecule has 1 aliphatic heterocycles. The molecule has 136 valence electrons. The lowest BCUT2D eigenvalue weighted by atomic mass is 9.90. The highest BCUT2D eigenvalue weighted by molar-refractivity contribution is 5.87. The fourth-order valence-electron chi connectivity index (χ4n) is 3.73. The van der Waals surface area contributed by atoms with Crippen molar-refractivity contribution in [3.05, 3.63) is 107 Å². The SMILES string of the molecule is O=C(NC[C@@H]1OCCc2ccccc21)C(c1ccccc1)c1ccccc1. The van der Waals surface area contributed by atoms with Crippen LogP contribution in [0.15, 0.2) is 84.9 Å². The Morgan fingerprint density at radius 3 is 2.15 bits per heavy atom. The molecule has 0 aliphatic carbocycles. The molecular formula is C24H23NO2. The average molecular weight is 357 g/mol. The highest BCUT2D eigenvalue weighted by Crippen LogP contribution is 2.28. The van der Waals surface area contributed by atoms with Crippen LogP contribution in [0.5, 0.6) is 0 Å². The van der Waals surface area contributed by atoms with Crippen molar-refractivity contribution in [1.82, 2.24) is 5.32 Å². The van der Waals surface area contributed by atoms with E-state index in [1.54, 1.807) is 0 Å². The first kappa shape index (κ1) is 17.5. The fourth-order valence-corrected chi connectivity index (χ4v) is 3.73. The Morgan fingerprint density at radius 1 is 0.889 bits per heavy atom. The molecule has 1 aliphatic rings. The average Bonchev–Trinajstić information content (AvgIpc) is 2.74. The number of carbonyl (C=O) groups excluding carboxylic acids is 1. The standard InChI is InChI=1S/C24H23NO2/c26-24(25-17-22-21-14-8-7-9-18(21)15-16-27-22)23(19-10-3-1-4-11-19)20-12-5-2-6-13-20/h1-14,22-23H,15-17H2,(H,25,26)/t22-/m0/s1. The number of rotatable bonds is 5. The van der Waals surface area contributed by atoms with Gasteiger partial charge < -0.3 is 10.1 Å². The van der Waals surface area contributed by atoms with Gasteiger partial charge in [-0.05, 0) is 28.7 Å². The summed E-state index contributed by atoms with van der Waals surface area (Å²) in [6, 6.07) is 28.2. The minimum Gasteiger partial charge on any atom is -0.371 e. The minimum absolute atomic E-state index is 0.000875. The van der Waals surface area contributed by atoms with Crippen LogP contribution in [0.1, 0.15) is 34.3 Å². The molecule has 1 N–H and O–H groups in total. The van der Waals surface area contributed by atoms with Gasteiger partial charge in [0.25, 0.3) is 0 Å². The van der Waals surface area contributed by atoms with Gasteiger partial charge in [-0.3, -0.25) is 4.79 Å². The third kappa shape index (κ3) is 3.93. The molecule has 27 heavy (non-hydrogen) atoms. The van der Waals surface area contributed by atoms with E-state index in [0.717, 1.165) is 17.5 Å². The van der Waals surface area contributed by atoms with Gasteiger partial charge >= 0.3 is 0 Å². The monoisotopic (exact) mass is 357 g/mol. The summed E-state index contributed by atoms with van der Waals surface area (Å²) < 4.78 is 5.93. The highest BCUT2D eigenvalue weighted by atomic mass is 16.5. The lowest BCUT2D eigenvalue weighted by Crippen LogP contribution is -2.35. The number of hydrogen-bond acceptors (Lipinski definition) is 2. The second kappa shape index (κ2) is 8.19. The van der Waals surface area contributed by atoms with E-state index in [9.17, 15) is 4.79 Å². The van der Waals surface area contributed by atoms with Crippen LogP contribution in [0.3, 0.4) is 0 Å². The molecule has 0 spiro atoms. The summed E-state index contributed by atoms with van der Waals surface area (Å²) in [7, 11) is 0. The Labute approximate surface area is 160 Å². The van der Waals surface area contributed by atoms with E-state index in [1.807, 2.05) is 66.7 Å². The molecule has 3 aromatic carbocycles. The summed E-state index contributed by atoms with van der Waals surface area (Å²) in [5, 5.41) is 3.13. The number of nitrogens with one attached hydrogen (secondary N) is 1. The van der Waals surface area contributed by atoms with Crippen molar-refractivity contribution in [2.45, 2.75) is 18.4 Å². The van der Waals surface area contributed by atoms with Crippen LogP contribution in [0.4, 0.5) is 0 Å². The Balaban J connectivity index is 1.53. The van der Waals surface area contributed by atoms with Crippen molar-refractivity contribution >= 4 is 5.91 Å². The van der Waals surface area contributed by atoms with Crippen LogP contribution >= 0.6 is 0 Å². The summed E-state index contributed by atoms with van der Waals surface area (Å²) in [5.41, 5.74) is 4.48. The zero-order valence-electron chi connectivity index (χ0n) is 15.2. The summed E-state index contributed by atoms with van der Waals surface area (Å²) in [5.74, 6) is -0.328. The lowest BCUT2D eigenvalue weighted by molar-refractivity contribution is -0.122. The maximum atomic E-state index is 13.1. The van der Waals surface area contributed by atoms with Gasteiger partial charge in [0.05, 0.1) is 12.5 Å². The number of hydrogen-bond donors (Lipinski definition) is 1. The smallest absolute Gasteiger partial charge is 0.232 e. The predicted molar refractivity (Wildman–Crippen MR) is 107 cm³/mol. The first-order chi connectivity index (χ1) is 13.3. The molecule has 1 amide bonds. The quantitative estimate of drug-likeness (QED) is 0.741. The van der Waals surface area contributed by atoms with E-state index < -0.39 is 0 Å². The summed E-state index contributed by atoms with van der Waals surface area (Å²) in [4.78, 5) is 13.1. The van der Waals surface area contributed by atoms with Gasteiger partial charge in [-0.1, -0.05) is 84.9 Å². The molecule has 3 aromatic rings. The van der Waals surface area contributed by atoms with Crippen LogP contribution in [-0.4, -0.2) is 19.1 Å². The van der Waals surface area contributed by atoms with E-state index in [0.29, 0.717) is 13.2 Å². The van der Waals surface area contributed by atoms with Gasteiger partial charge in [0.1, 0.15) is 6.10 Å². The van der Waals surface area contributed by atoms with Gasteiger partial charge in [0.2, 0.25) is 5.91 Å². The molecule has 0 bridgehead atoms. The van der Waals surface area contributed by atoms with E-state index in [2.05, 4.69) is 23.5 Å². The topological polar surface area (TPSA) is 38.3 Å². The van der Waals surface area contributed by atoms with Crippen LogP contribution < -0.4 is 5.32 Å². The van der Waals surface area contributed by atoms with Crippen LogP contribution in [0, 0.1) is 0 Å². The van der Waals surface area contributed by atoms with Gasteiger partial charge in [0, 0.05) is 6.54 Å². The summed E-state index contributed by atoms with van der Waals surface area (Å²) in [6.45, 7) is 1.17. The predicted octanol–water partition coefficient (Wildman–Crippen LogP) is 4.25. The first-order valence-electron chi connectivity index (χ1n) is 9.40. The van der Waals surface area contributed by atoms with Crippen molar-refractivity contribution in [2.75, 3.05) is 13.2 Å². The summed E-state index contributed by atoms with van der Waals surface area (Å²) in [6.07, 6.45) is 0.836. The van der Waals surface area contributed by atoms with Crippen molar-refractivity contribution < 1.29 is 9.53 Å². The van der Waals surface area contributed by atoms with Crippen molar-refractivity contribution in [3.8, 4) is 0 Å². The Bertz CT molecular complexity index is 853. The molecule has 0 aromatic heterocycles. The van der Waals surface area contributed by atoms with E-state index >= 15 is 0 Å². The van der Waals surface area contributed by atoms with E-state index in [-0.39, 0.29) is 17.9 Å². The maximum absolute atomic E-state index is 13.1. The van der Waals surface area contributed by atoms with Crippen molar-refractivity contribution in [1.29, 1.82) is 0 Å². The third-order valence-electron chi connectivity index (χ3n) is 5.08. The Kier molecular flexibility index (Phi) is 5.31. The fraction of sp³-hybridized carbons (Fsp3) is 0.208. The highest BCUT2D eigenvalue weighted by Gasteiger charge is 2.25. The number of amides is 1. The third-order valence-corrected chi connectivity index (χ3v) is 5.08. The van der Waals surface area contributed by atoms with Crippen molar-refractivity contribution in [2.24, 2.45) is 0 Å². The van der Waals surface area contributed by atoms with Crippen molar-refractivity contribution in [3.63, 3.8) is 0 Å². The Hall–Kier alpha value is -2.91. The summed E-state index contributed by atoms with van der Waals surface area (Å²) >= 11 is 0. The number of benzene rings is 3. The molecule has 0 radical (unpaired) electrons. The van der Waals surface area contributed by atoms with Gasteiger partial charge in [-0.2, -0.15) is 0 Å². The Morgan fingerprint density at radius 2 is 1.48 bits per heavy atom. The molecule has 0 unspecified atom stereocenters. The van der Waals surface area contributed by atoms with E-state index in [1.165, 1.54) is 11.1 Å². The van der Waals surface area contributed by atoms with Crippen LogP contribution in [0.25, 0.3) is 0 Å². The molecule has 3 heteroatoms. The second-order valence-corrected chi connectivity index (χ2v) is 6.81. The zero-order chi connectivity index (χ0) is 18.5. The zero-order valence-corrected chi connectivity index (χ0v) is 15.2. The number of fused-ring (bicyclic) bond motifs is 1.